The molecule has 2 aliphatic carbocycles. The van der Waals surface area contributed by atoms with Crippen LogP contribution in [0.15, 0.2) is 85.5 Å². The first kappa shape index (κ1) is 39.1. The number of carbonyl (C=O) groups is 3. The van der Waals surface area contributed by atoms with E-state index >= 15 is 0 Å². The molecule has 2 bridgehead atoms. The highest BCUT2D eigenvalue weighted by Gasteiger charge is 2.52. The van der Waals surface area contributed by atoms with Crippen LogP contribution < -0.4 is 10.6 Å². The van der Waals surface area contributed by atoms with E-state index in [-0.39, 0.29) is 47.6 Å². The summed E-state index contributed by atoms with van der Waals surface area (Å²) in [5.74, 6) is 2.59. The van der Waals surface area contributed by atoms with Crippen LogP contribution in [0.4, 0.5) is 4.79 Å². The summed E-state index contributed by atoms with van der Waals surface area (Å²) in [7, 11) is 1.30. The van der Waals surface area contributed by atoms with Crippen LogP contribution >= 0.6 is 0 Å². The molecule has 1 saturated heterocycles. The Morgan fingerprint density at radius 2 is 1.38 bits per heavy atom. The number of likely N-dealkylation sites (tertiary alicyclic amines) is 1. The van der Waals surface area contributed by atoms with E-state index in [9.17, 15) is 14.4 Å². The lowest BCUT2D eigenvalue weighted by atomic mass is 9.78. The van der Waals surface area contributed by atoms with Crippen LogP contribution in [0.5, 0.6) is 0 Å². The predicted molar refractivity (Wildman–Crippen MR) is 222 cm³/mol. The zero-order valence-electron chi connectivity index (χ0n) is 33.9. The smallest absolute Gasteiger partial charge is 0.407 e. The number of methoxy groups -OCH3 is 1. The van der Waals surface area contributed by atoms with Gasteiger partial charge in [0, 0.05) is 24.9 Å². The molecule has 3 fully saturated rings. The van der Waals surface area contributed by atoms with Crippen LogP contribution in [-0.4, -0.2) is 67.4 Å². The van der Waals surface area contributed by atoms with E-state index in [4.69, 9.17) is 14.7 Å². The third-order valence-corrected chi connectivity index (χ3v) is 12.7. The minimum absolute atomic E-state index is 0.0742. The minimum atomic E-state index is -0.678. The number of ether oxygens (including phenoxy) is 1. The molecule has 4 N–H and O–H groups in total. The van der Waals surface area contributed by atoms with E-state index in [1.54, 1.807) is 6.20 Å². The van der Waals surface area contributed by atoms with Crippen LogP contribution in [0.2, 0.25) is 0 Å². The van der Waals surface area contributed by atoms with Gasteiger partial charge in [-0.2, -0.15) is 0 Å². The molecule has 8 rings (SSSR count). The monoisotopic (exact) mass is 782 g/mol. The average Bonchev–Trinajstić information content (AvgIpc) is 4.10. The first-order chi connectivity index (χ1) is 28.1. The summed E-state index contributed by atoms with van der Waals surface area (Å²) < 4.78 is 4.77. The fourth-order valence-corrected chi connectivity index (χ4v) is 9.69. The first-order valence-electron chi connectivity index (χ1n) is 20.8. The highest BCUT2D eigenvalue weighted by atomic mass is 16.5. The van der Waals surface area contributed by atoms with Gasteiger partial charge in [0.2, 0.25) is 11.8 Å². The summed E-state index contributed by atoms with van der Waals surface area (Å²) in [5, 5.41) is 6.12. The maximum atomic E-state index is 14.0. The Hall–Kier alpha value is -5.78. The van der Waals surface area contributed by atoms with Gasteiger partial charge in [0.15, 0.2) is 0 Å². The number of carbonyl (C=O) groups excluding carboxylic acids is 3. The Balaban J connectivity index is 0.928. The number of H-pyrrole nitrogens is 2. The molecule has 2 saturated carbocycles. The van der Waals surface area contributed by atoms with Crippen molar-refractivity contribution >= 4 is 17.9 Å². The number of hydrogen-bond acceptors (Lipinski definition) is 7. The molecule has 3 unspecified atom stereocenters. The minimum Gasteiger partial charge on any atom is -0.453 e. The van der Waals surface area contributed by atoms with Crippen molar-refractivity contribution in [2.45, 2.75) is 83.8 Å². The molecule has 2 aromatic carbocycles. The number of alkyl carbamates (subject to hydrolysis) is 1. The topological polar surface area (TPSA) is 158 Å². The number of pyridine rings is 1. The maximum absolute atomic E-state index is 14.0. The maximum Gasteiger partial charge on any atom is 0.407 e. The number of hydrogen-bond donors (Lipinski definition) is 4. The Morgan fingerprint density at radius 1 is 0.759 bits per heavy atom. The number of nitrogens with zero attached hydrogens (tertiary/aromatic N) is 4. The molecule has 3 aromatic heterocycles. The normalized spacial score (nSPS) is 22.3. The average molecular weight is 783 g/mol. The van der Waals surface area contributed by atoms with Crippen molar-refractivity contribution in [2.75, 3.05) is 13.7 Å². The van der Waals surface area contributed by atoms with Gasteiger partial charge >= 0.3 is 6.09 Å². The molecule has 3 aliphatic rings. The number of benzene rings is 2. The number of fused-ring (bicyclic) bond motifs is 2. The van der Waals surface area contributed by atoms with Gasteiger partial charge < -0.3 is 30.2 Å². The van der Waals surface area contributed by atoms with Gasteiger partial charge in [-0.25, -0.2) is 14.8 Å². The zero-order valence-corrected chi connectivity index (χ0v) is 33.9. The van der Waals surface area contributed by atoms with Crippen molar-refractivity contribution in [2.24, 2.45) is 29.6 Å². The first-order valence-corrected chi connectivity index (χ1v) is 20.8. The van der Waals surface area contributed by atoms with E-state index in [1.807, 2.05) is 49.5 Å². The summed E-state index contributed by atoms with van der Waals surface area (Å²) in [6, 6.07) is 19.9. The number of aromatic amines is 2. The van der Waals surface area contributed by atoms with E-state index in [0.717, 1.165) is 83.0 Å². The largest absolute Gasteiger partial charge is 0.453 e. The second kappa shape index (κ2) is 16.6. The van der Waals surface area contributed by atoms with Gasteiger partial charge in [0.05, 0.1) is 48.9 Å². The number of nitrogens with one attached hydrogen (secondary N) is 4. The van der Waals surface area contributed by atoms with Crippen LogP contribution in [-0.2, 0) is 14.3 Å². The van der Waals surface area contributed by atoms with E-state index < -0.39 is 12.1 Å². The molecule has 4 heterocycles. The summed E-state index contributed by atoms with van der Waals surface area (Å²) in [6.07, 6.45) is 11.7. The van der Waals surface area contributed by atoms with Gasteiger partial charge in [-0.05, 0) is 89.7 Å². The molecule has 12 heteroatoms. The molecule has 302 valence electrons. The van der Waals surface area contributed by atoms with Gasteiger partial charge in [-0.1, -0.05) is 82.3 Å². The second-order valence-electron chi connectivity index (χ2n) is 17.0. The van der Waals surface area contributed by atoms with Crippen LogP contribution in [0.3, 0.4) is 0 Å². The van der Waals surface area contributed by atoms with Crippen molar-refractivity contribution in [3.8, 4) is 33.6 Å². The number of rotatable bonds is 12. The Morgan fingerprint density at radius 3 is 1.98 bits per heavy atom. The van der Waals surface area contributed by atoms with Crippen molar-refractivity contribution < 1.29 is 19.1 Å². The molecule has 0 spiro atoms. The van der Waals surface area contributed by atoms with E-state index in [1.165, 1.54) is 7.11 Å². The van der Waals surface area contributed by atoms with Crippen LogP contribution in [0.25, 0.3) is 33.6 Å². The fraction of sp³-hybridized carbons (Fsp3) is 0.435. The lowest BCUT2D eigenvalue weighted by Crippen LogP contribution is -2.51. The van der Waals surface area contributed by atoms with Gasteiger partial charge in [-0.15, -0.1) is 0 Å². The Bertz CT molecular complexity index is 2210. The molecule has 58 heavy (non-hydrogen) atoms. The predicted octanol–water partition coefficient (Wildman–Crippen LogP) is 8.22. The second-order valence-corrected chi connectivity index (χ2v) is 17.0. The third-order valence-electron chi connectivity index (χ3n) is 12.7. The van der Waals surface area contributed by atoms with Gasteiger partial charge in [-0.3, -0.25) is 14.6 Å². The summed E-state index contributed by atoms with van der Waals surface area (Å²) in [4.78, 5) is 62.4. The number of imidazole rings is 2. The third kappa shape index (κ3) is 7.76. The standard InChI is InChI=1S/C46H54N8O4/c1-26(2)40(34-8-6-20-47-23-34)52-44(55)39-33-19-18-32(22-33)38(39)43-49-25-36(51-43)31-16-12-29(13-17-31)28-10-14-30(15-11-28)35-24-48-42(50-35)37-9-7-21-54(37)45(56)41(27(3)4)53-46(57)58-5/h6,8,10-17,20,23-27,32-33,37-41H,7,9,18-19,21-22H2,1-5H3,(H,48,50)(H,49,51)(H,52,55)(H,53,57)/t32?,33?,37-,38+,39+,40?,41-/m0/s1. The molecule has 5 aromatic rings. The molecule has 0 radical (unpaired) electrons. The van der Waals surface area contributed by atoms with Crippen LogP contribution in [0.1, 0.15) is 95.0 Å². The van der Waals surface area contributed by atoms with Crippen molar-refractivity contribution in [1.29, 1.82) is 0 Å². The summed E-state index contributed by atoms with van der Waals surface area (Å²) in [5.41, 5.74) is 7.09. The SMILES string of the molecule is COC(=O)N[C@H](C(=O)N1CCC[C@H]1c1ncc(-c2ccc(-c3ccc(-c4cnc([C@@H]5C6CCC(C6)[C@H]5C(=O)NC(c5cccnc5)C(C)C)[nH]4)cc3)cc2)[nH]1)C(C)C. The van der Waals surface area contributed by atoms with Gasteiger partial charge in [0.1, 0.15) is 17.7 Å². The molecular formula is C46H54N8O4. The van der Waals surface area contributed by atoms with Crippen molar-refractivity contribution in [3.05, 3.63) is 103 Å². The van der Waals surface area contributed by atoms with Crippen molar-refractivity contribution in [1.82, 2.24) is 40.5 Å². The molecular weight excluding hydrogens is 729 g/mol. The quantitative estimate of drug-likeness (QED) is 0.0993. The van der Waals surface area contributed by atoms with E-state index in [2.05, 4.69) is 88.0 Å². The number of aromatic nitrogens is 5. The lowest BCUT2D eigenvalue weighted by molar-refractivity contribution is -0.135. The molecule has 12 nitrogen and oxygen atoms in total. The number of amides is 3. The lowest BCUT2D eigenvalue weighted by Gasteiger charge is -2.31. The summed E-state index contributed by atoms with van der Waals surface area (Å²) in [6.45, 7) is 8.71. The summed E-state index contributed by atoms with van der Waals surface area (Å²) >= 11 is 0. The van der Waals surface area contributed by atoms with Gasteiger partial charge in [0.25, 0.3) is 0 Å². The van der Waals surface area contributed by atoms with E-state index in [0.29, 0.717) is 18.4 Å². The van der Waals surface area contributed by atoms with Crippen molar-refractivity contribution in [3.63, 3.8) is 0 Å². The highest BCUT2D eigenvalue weighted by molar-refractivity contribution is 5.86. The highest BCUT2D eigenvalue weighted by Crippen LogP contribution is 2.56. The van der Waals surface area contributed by atoms with Crippen LogP contribution in [0, 0.1) is 29.6 Å². The Kier molecular flexibility index (Phi) is 11.2. The zero-order chi connectivity index (χ0) is 40.5. The molecule has 1 aliphatic heterocycles. The molecule has 7 atom stereocenters. The molecule has 3 amide bonds. The fourth-order valence-electron chi connectivity index (χ4n) is 9.69. The Labute approximate surface area is 340 Å².